The molecule has 4 heterocycles. The summed E-state index contributed by atoms with van der Waals surface area (Å²) in [6, 6.07) is 1.58. The van der Waals surface area contributed by atoms with E-state index in [4.69, 9.17) is 10.5 Å². The van der Waals surface area contributed by atoms with Crippen LogP contribution in [0, 0.1) is 0 Å². The number of aromatic nitrogens is 4. The van der Waals surface area contributed by atoms with Crippen LogP contribution in [0.5, 0.6) is 0 Å². The highest BCUT2D eigenvalue weighted by Crippen LogP contribution is 2.31. The zero-order chi connectivity index (χ0) is 18.1. The van der Waals surface area contributed by atoms with Gasteiger partial charge in [-0.2, -0.15) is 5.10 Å². The first-order chi connectivity index (χ1) is 12.5. The third kappa shape index (κ3) is 3.32. The number of amides is 1. The van der Waals surface area contributed by atoms with E-state index in [0.29, 0.717) is 31.2 Å². The van der Waals surface area contributed by atoms with E-state index >= 15 is 0 Å². The maximum atomic E-state index is 12.7. The largest absolute Gasteiger partial charge is 0.382 e. The van der Waals surface area contributed by atoms with Gasteiger partial charge in [0, 0.05) is 45.1 Å². The number of imidazole rings is 1. The van der Waals surface area contributed by atoms with Crippen LogP contribution in [0.3, 0.4) is 0 Å². The van der Waals surface area contributed by atoms with Gasteiger partial charge in [0.15, 0.2) is 0 Å². The van der Waals surface area contributed by atoms with E-state index in [-0.39, 0.29) is 11.5 Å². The molecule has 0 unspecified atom stereocenters. The highest BCUT2D eigenvalue weighted by atomic mass is 16.5. The molecule has 26 heavy (non-hydrogen) atoms. The van der Waals surface area contributed by atoms with E-state index < -0.39 is 0 Å². The van der Waals surface area contributed by atoms with Gasteiger partial charge in [-0.1, -0.05) is 0 Å². The summed E-state index contributed by atoms with van der Waals surface area (Å²) >= 11 is 0. The fraction of sp³-hybridized carbons (Fsp3) is 0.588. The molecule has 2 fully saturated rings. The molecular formula is C17H25N7O2. The molecule has 0 aliphatic carbocycles. The number of likely N-dealkylation sites (tertiary alicyclic amines) is 1. The van der Waals surface area contributed by atoms with Gasteiger partial charge < -0.3 is 19.9 Å². The fourth-order valence-corrected chi connectivity index (χ4v) is 3.81. The number of ether oxygens (including phenoxy) is 1. The highest BCUT2D eigenvalue weighted by Gasteiger charge is 2.41. The molecule has 2 aliphatic rings. The molecule has 0 radical (unpaired) electrons. The second-order valence-corrected chi connectivity index (χ2v) is 7.20. The SMILES string of the molecule is Cn1ccnc1CN1CCC2(CC1)CN(C(=O)c1cc(N)n[nH]1)CCO2. The Morgan fingerprint density at radius 3 is 2.85 bits per heavy atom. The quantitative estimate of drug-likeness (QED) is 0.813. The van der Waals surface area contributed by atoms with Crippen LogP contribution < -0.4 is 5.73 Å². The maximum Gasteiger partial charge on any atom is 0.272 e. The number of rotatable bonds is 3. The van der Waals surface area contributed by atoms with Gasteiger partial charge in [0.25, 0.3) is 5.91 Å². The molecule has 2 aromatic heterocycles. The molecule has 0 saturated carbocycles. The third-order valence-electron chi connectivity index (χ3n) is 5.42. The van der Waals surface area contributed by atoms with Gasteiger partial charge in [-0.05, 0) is 12.8 Å². The molecule has 1 spiro atoms. The lowest BCUT2D eigenvalue weighted by molar-refractivity contribution is -0.128. The Morgan fingerprint density at radius 2 is 2.19 bits per heavy atom. The van der Waals surface area contributed by atoms with Crippen molar-refractivity contribution in [3.8, 4) is 0 Å². The Morgan fingerprint density at radius 1 is 1.38 bits per heavy atom. The molecule has 9 heteroatoms. The van der Waals surface area contributed by atoms with Gasteiger partial charge in [0.2, 0.25) is 0 Å². The van der Waals surface area contributed by atoms with Crippen LogP contribution >= 0.6 is 0 Å². The van der Waals surface area contributed by atoms with Crippen molar-refractivity contribution in [2.75, 3.05) is 38.5 Å². The molecule has 0 atom stereocenters. The third-order valence-corrected chi connectivity index (χ3v) is 5.42. The Balaban J connectivity index is 1.37. The van der Waals surface area contributed by atoms with Crippen LogP contribution in [0.2, 0.25) is 0 Å². The molecule has 2 saturated heterocycles. The molecule has 9 nitrogen and oxygen atoms in total. The van der Waals surface area contributed by atoms with E-state index in [0.717, 1.165) is 38.3 Å². The summed E-state index contributed by atoms with van der Waals surface area (Å²) in [5, 5.41) is 6.55. The van der Waals surface area contributed by atoms with Crippen LogP contribution in [-0.2, 0) is 18.3 Å². The van der Waals surface area contributed by atoms with Crippen molar-refractivity contribution in [3.63, 3.8) is 0 Å². The predicted octanol–water partition coefficient (Wildman–Crippen LogP) is 0.233. The van der Waals surface area contributed by atoms with Crippen molar-refractivity contribution in [2.45, 2.75) is 25.0 Å². The minimum absolute atomic E-state index is 0.0627. The lowest BCUT2D eigenvalue weighted by Gasteiger charge is -2.47. The Kier molecular flexibility index (Phi) is 4.41. The fourth-order valence-electron chi connectivity index (χ4n) is 3.81. The molecule has 0 bridgehead atoms. The van der Waals surface area contributed by atoms with E-state index in [1.165, 1.54) is 0 Å². The van der Waals surface area contributed by atoms with E-state index in [1.807, 2.05) is 24.3 Å². The number of aromatic amines is 1. The molecule has 140 valence electrons. The summed E-state index contributed by atoms with van der Waals surface area (Å²) in [7, 11) is 2.02. The molecule has 2 aliphatic heterocycles. The first-order valence-corrected chi connectivity index (χ1v) is 8.97. The van der Waals surface area contributed by atoms with Gasteiger partial charge in [0.1, 0.15) is 17.3 Å². The second-order valence-electron chi connectivity index (χ2n) is 7.20. The lowest BCUT2D eigenvalue weighted by Crippen LogP contribution is -2.58. The van der Waals surface area contributed by atoms with Crippen molar-refractivity contribution in [1.29, 1.82) is 0 Å². The number of anilines is 1. The van der Waals surface area contributed by atoms with Gasteiger partial charge in [0.05, 0.1) is 25.3 Å². The summed E-state index contributed by atoms with van der Waals surface area (Å²) in [5.41, 5.74) is 5.80. The number of aryl methyl sites for hydroxylation is 1. The number of H-pyrrole nitrogens is 1. The second kappa shape index (κ2) is 6.73. The zero-order valence-electron chi connectivity index (χ0n) is 15.0. The first kappa shape index (κ1) is 17.0. The number of nitrogen functional groups attached to an aromatic ring is 1. The predicted molar refractivity (Wildman–Crippen MR) is 95.3 cm³/mol. The monoisotopic (exact) mass is 359 g/mol. The minimum atomic E-state index is -0.252. The summed E-state index contributed by atoms with van der Waals surface area (Å²) in [5.74, 6) is 1.34. The smallest absolute Gasteiger partial charge is 0.272 e. The summed E-state index contributed by atoms with van der Waals surface area (Å²) in [6.45, 7) is 4.49. The first-order valence-electron chi connectivity index (χ1n) is 8.97. The zero-order valence-corrected chi connectivity index (χ0v) is 15.0. The number of morpholine rings is 1. The number of hydrogen-bond acceptors (Lipinski definition) is 6. The van der Waals surface area contributed by atoms with Gasteiger partial charge >= 0.3 is 0 Å². The average molecular weight is 359 g/mol. The van der Waals surface area contributed by atoms with Crippen LogP contribution in [0.1, 0.15) is 29.2 Å². The molecule has 2 aromatic rings. The Bertz CT molecular complexity index is 776. The molecule has 4 rings (SSSR count). The average Bonchev–Trinajstić information content (AvgIpc) is 3.25. The lowest BCUT2D eigenvalue weighted by atomic mass is 9.89. The molecular weight excluding hydrogens is 334 g/mol. The highest BCUT2D eigenvalue weighted by molar-refractivity contribution is 5.93. The molecule has 0 aromatic carbocycles. The number of nitrogens with zero attached hydrogens (tertiary/aromatic N) is 5. The van der Waals surface area contributed by atoms with Crippen molar-refractivity contribution in [2.24, 2.45) is 7.05 Å². The minimum Gasteiger partial charge on any atom is -0.382 e. The van der Waals surface area contributed by atoms with E-state index in [1.54, 1.807) is 6.07 Å². The van der Waals surface area contributed by atoms with E-state index in [9.17, 15) is 4.79 Å². The standard InChI is InChI=1S/C17H25N7O2/c1-22-7-4-19-15(22)11-23-5-2-17(3-6-23)12-24(8-9-26-17)16(25)13-10-14(18)21-20-13/h4,7,10H,2-3,5-6,8-9,11-12H2,1H3,(H3,18,20,21). The van der Waals surface area contributed by atoms with Gasteiger partial charge in [-0.15, -0.1) is 0 Å². The van der Waals surface area contributed by atoms with Gasteiger partial charge in [-0.3, -0.25) is 14.8 Å². The number of nitrogens with one attached hydrogen (secondary N) is 1. The normalized spacial score (nSPS) is 20.6. The number of piperidine rings is 1. The van der Waals surface area contributed by atoms with Gasteiger partial charge in [-0.25, -0.2) is 4.98 Å². The Labute approximate surface area is 152 Å². The molecule has 3 N–H and O–H groups in total. The number of carbonyl (C=O) groups is 1. The Hall–Kier alpha value is -2.39. The van der Waals surface area contributed by atoms with Crippen molar-refractivity contribution in [3.05, 3.63) is 30.0 Å². The van der Waals surface area contributed by atoms with E-state index in [2.05, 4.69) is 24.6 Å². The topological polar surface area (TPSA) is 105 Å². The maximum absolute atomic E-state index is 12.7. The van der Waals surface area contributed by atoms with Crippen LogP contribution in [-0.4, -0.2) is 73.8 Å². The van der Waals surface area contributed by atoms with Crippen molar-refractivity contribution in [1.82, 2.24) is 29.5 Å². The summed E-state index contributed by atoms with van der Waals surface area (Å²) < 4.78 is 8.20. The van der Waals surface area contributed by atoms with Crippen LogP contribution in [0.25, 0.3) is 0 Å². The number of hydrogen-bond donors (Lipinski definition) is 2. The van der Waals surface area contributed by atoms with Crippen molar-refractivity contribution < 1.29 is 9.53 Å². The number of nitrogens with two attached hydrogens (primary N) is 1. The van der Waals surface area contributed by atoms with Crippen LogP contribution in [0.15, 0.2) is 18.5 Å². The summed E-state index contributed by atoms with van der Waals surface area (Å²) in [6.07, 6.45) is 5.62. The number of carbonyl (C=O) groups excluding carboxylic acids is 1. The van der Waals surface area contributed by atoms with Crippen molar-refractivity contribution >= 4 is 11.7 Å². The summed E-state index contributed by atoms with van der Waals surface area (Å²) in [4.78, 5) is 21.3. The molecule has 1 amide bonds. The van der Waals surface area contributed by atoms with Crippen LogP contribution in [0.4, 0.5) is 5.82 Å².